The maximum Gasteiger partial charge on any atom is 0.320 e. The molecule has 2 aromatic carbocycles. The molecule has 4 aliphatic heterocycles. The first-order chi connectivity index (χ1) is 34.3. The molecular formula is C43H47N11O15P2-2. The quantitative estimate of drug-likeness (QED) is 0.0899. The lowest BCUT2D eigenvalue weighted by Crippen LogP contribution is -2.33. The number of imidazole rings is 2. The Labute approximate surface area is 403 Å². The van der Waals surface area contributed by atoms with E-state index in [0.29, 0.717) is 42.8 Å². The molecule has 0 saturated carbocycles. The highest BCUT2D eigenvalue weighted by atomic mass is 31.3. The van der Waals surface area contributed by atoms with Crippen LogP contribution in [0.25, 0.3) is 22.3 Å². The first kappa shape index (κ1) is 48.8. The van der Waals surface area contributed by atoms with E-state index in [-0.39, 0.29) is 17.0 Å². The van der Waals surface area contributed by atoms with E-state index in [2.05, 4.69) is 50.5 Å². The van der Waals surface area contributed by atoms with Crippen molar-refractivity contribution in [3.63, 3.8) is 0 Å². The summed E-state index contributed by atoms with van der Waals surface area (Å²) in [4.78, 5) is 73.2. The van der Waals surface area contributed by atoms with E-state index in [1.807, 2.05) is 60.7 Å². The maximum atomic E-state index is 13.3. The number of carbonyl (C=O) groups excluding carboxylic acids is 2. The van der Waals surface area contributed by atoms with Gasteiger partial charge in [0.15, 0.2) is 47.7 Å². The molecule has 0 radical (unpaired) electrons. The zero-order valence-corrected chi connectivity index (χ0v) is 39.6. The molecule has 8 heterocycles. The van der Waals surface area contributed by atoms with Crippen LogP contribution in [0.3, 0.4) is 0 Å². The van der Waals surface area contributed by atoms with Crippen LogP contribution in [0.5, 0.6) is 0 Å². The number of benzene rings is 2. The van der Waals surface area contributed by atoms with Gasteiger partial charge < -0.3 is 63.2 Å². The second-order valence-corrected chi connectivity index (χ2v) is 19.5. The van der Waals surface area contributed by atoms with Crippen LogP contribution >= 0.6 is 15.6 Å². The molecule has 376 valence electrons. The first-order valence-electron chi connectivity index (χ1n) is 22.6. The minimum absolute atomic E-state index is 0.120. The van der Waals surface area contributed by atoms with Crippen molar-refractivity contribution in [1.29, 1.82) is 0 Å². The smallest absolute Gasteiger partial charge is 0.320 e. The molecule has 0 aliphatic carbocycles. The topological polar surface area (TPSA) is 320 Å². The van der Waals surface area contributed by atoms with Crippen molar-refractivity contribution >= 4 is 61.5 Å². The molecule has 28 heteroatoms. The summed E-state index contributed by atoms with van der Waals surface area (Å²) in [5, 5.41) is 10.7. The minimum Gasteiger partial charge on any atom is -0.756 e. The Kier molecular flexibility index (Phi) is 14.2. The Balaban J connectivity index is 0.826. The number of carbonyl (C=O) groups is 2. The summed E-state index contributed by atoms with van der Waals surface area (Å²) in [6, 6.07) is 19.4. The molecule has 12 atom stereocenters. The Morgan fingerprint density at radius 1 is 0.620 bits per heavy atom. The third kappa shape index (κ3) is 10.7. The summed E-state index contributed by atoms with van der Waals surface area (Å²) in [6.07, 6.45) is -3.36. The lowest BCUT2D eigenvalue weighted by atomic mass is 10.1. The average Bonchev–Trinajstić information content (AvgIpc) is 4.21. The molecule has 26 nitrogen and oxygen atoms in total. The Hall–Kier alpha value is -5.83. The summed E-state index contributed by atoms with van der Waals surface area (Å²) < 4.78 is 82.5. The normalized spacial score (nSPS) is 27.5. The zero-order chi connectivity index (χ0) is 49.3. The molecule has 10 rings (SSSR count). The van der Waals surface area contributed by atoms with Gasteiger partial charge in [-0.2, -0.15) is 0 Å². The van der Waals surface area contributed by atoms with E-state index in [9.17, 15) is 28.5 Å². The molecule has 4 N–H and O–H groups in total. The fourth-order valence-electron chi connectivity index (χ4n) is 8.81. The Morgan fingerprint density at radius 3 is 1.65 bits per heavy atom. The number of nitrogens with zero attached hydrogens (tertiary/aromatic N) is 7. The van der Waals surface area contributed by atoms with E-state index in [0.717, 1.165) is 11.1 Å². The molecule has 0 bridgehead atoms. The molecule has 4 fully saturated rings. The number of nitrogens with one attached hydrogen (secondary N) is 4. The number of pyridine rings is 1. The van der Waals surface area contributed by atoms with Gasteiger partial charge in [-0.05, 0) is 31.0 Å². The van der Waals surface area contributed by atoms with E-state index in [1.165, 1.54) is 29.7 Å². The summed E-state index contributed by atoms with van der Waals surface area (Å²) >= 11 is 0. The van der Waals surface area contributed by atoms with Crippen molar-refractivity contribution in [1.82, 2.24) is 44.7 Å². The van der Waals surface area contributed by atoms with Gasteiger partial charge in [-0.3, -0.25) is 23.6 Å². The number of amides is 4. The summed E-state index contributed by atoms with van der Waals surface area (Å²) in [5.74, 6) is 0.120. The second kappa shape index (κ2) is 20.7. The van der Waals surface area contributed by atoms with Crippen LogP contribution in [-0.4, -0.2) is 122 Å². The third-order valence-corrected chi connectivity index (χ3v) is 14.3. The van der Waals surface area contributed by atoms with Gasteiger partial charge in [-0.15, -0.1) is 0 Å². The fraction of sp³-hybridized carbons (Fsp3) is 0.419. The predicted molar refractivity (Wildman–Crippen MR) is 242 cm³/mol. The summed E-state index contributed by atoms with van der Waals surface area (Å²) in [6.45, 7) is 2.75. The van der Waals surface area contributed by atoms with Gasteiger partial charge in [0.05, 0.1) is 31.6 Å². The van der Waals surface area contributed by atoms with Gasteiger partial charge in [0, 0.05) is 32.1 Å². The lowest BCUT2D eigenvalue weighted by Gasteiger charge is -2.32. The van der Waals surface area contributed by atoms with E-state index >= 15 is 0 Å². The van der Waals surface area contributed by atoms with Gasteiger partial charge in [0.25, 0.3) is 15.6 Å². The zero-order valence-electron chi connectivity index (χ0n) is 37.8. The number of phosphoric acid groups is 2. The summed E-state index contributed by atoms with van der Waals surface area (Å²) in [5.41, 5.74) is 3.28. The SMILES string of the molecule is CCNC(=O)Nc1ncnc2c1ncn2[C@@H]1O[C@H](COP(=O)([O-])OP(=O)([O-])OC[C@H]2O[C@@H](n3cnc4c(NC(=O)NCC)ccnc43)C3OC(Cc4ccccc4)O[C@H]32)C2OC(Cc3ccccc3)OC21. The number of hydrogen-bond acceptors (Lipinski definition) is 20. The van der Waals surface area contributed by atoms with Crippen LogP contribution in [0.4, 0.5) is 21.1 Å². The molecule has 71 heavy (non-hydrogen) atoms. The molecular weight excluding hydrogens is 972 g/mol. The lowest BCUT2D eigenvalue weighted by molar-refractivity contribution is -0.247. The number of phosphoric ester groups is 2. The van der Waals surface area contributed by atoms with Crippen molar-refractivity contribution in [3.8, 4) is 0 Å². The average molecular weight is 1020 g/mol. The van der Waals surface area contributed by atoms with E-state index < -0.39 is 103 Å². The van der Waals surface area contributed by atoms with Crippen LogP contribution in [0.1, 0.15) is 37.4 Å². The Bertz CT molecular complexity index is 2760. The third-order valence-electron chi connectivity index (χ3n) is 11.8. The summed E-state index contributed by atoms with van der Waals surface area (Å²) in [7, 11) is -11.4. The number of fused-ring (bicyclic) bond motifs is 4. The Morgan fingerprint density at radius 2 is 1.11 bits per heavy atom. The largest absolute Gasteiger partial charge is 0.756 e. The monoisotopic (exact) mass is 1020 g/mol. The van der Waals surface area contributed by atoms with Crippen molar-refractivity contribution in [2.45, 2.75) is 88.3 Å². The standard InChI is InChI=1S/C43H49N11O15P2/c1-3-44-42(55)51-26-15-16-46-38-31(26)49-22-53(38)40-35-33(65-29(67-35)17-24-11-7-5-8-12-24)27(63-40)19-61-70(57,58)69-71(59,60)62-20-28-34-36(68-30(66-34)18-25-13-9-6-10-14-25)41(64-28)54-23-50-32-37(47-21-48-39(32)54)52-43(56)45-4-2/h5-16,21-23,27-30,33-36,40-41H,3-4,17-20H2,1-2H3,(H,57,58)(H,59,60)(H2,44,46,51,55)(H2,45,47,48,52,56)/p-2/t27-,28-,29?,30?,33+,34?,35?,36?,40-,41-/m1/s1. The van der Waals surface area contributed by atoms with E-state index in [4.69, 9.17) is 37.5 Å². The molecule has 4 aliphatic rings. The number of urea groups is 2. The van der Waals surface area contributed by atoms with Crippen LogP contribution in [0.2, 0.25) is 0 Å². The fourth-order valence-corrected chi connectivity index (χ4v) is 10.8. The van der Waals surface area contributed by atoms with Crippen LogP contribution in [0.15, 0.2) is 91.9 Å². The number of anilines is 2. The molecule has 6 aromatic rings. The van der Waals surface area contributed by atoms with Crippen LogP contribution < -0.4 is 31.1 Å². The molecule has 4 amide bonds. The minimum atomic E-state index is -5.71. The van der Waals surface area contributed by atoms with Crippen molar-refractivity contribution in [2.75, 3.05) is 36.9 Å². The van der Waals surface area contributed by atoms with Gasteiger partial charge >= 0.3 is 12.1 Å². The molecule has 0 spiro atoms. The molecule has 4 saturated heterocycles. The van der Waals surface area contributed by atoms with Crippen LogP contribution in [0, 0.1) is 0 Å². The van der Waals surface area contributed by atoms with Gasteiger partial charge in [-0.1, -0.05) is 60.7 Å². The number of rotatable bonds is 18. The highest BCUT2D eigenvalue weighted by molar-refractivity contribution is 7.59. The van der Waals surface area contributed by atoms with Crippen molar-refractivity contribution in [3.05, 3.63) is 103 Å². The predicted octanol–water partition coefficient (Wildman–Crippen LogP) is 3.04. The number of aromatic nitrogens is 7. The van der Waals surface area contributed by atoms with Crippen LogP contribution in [-0.2, 0) is 63.8 Å². The second-order valence-electron chi connectivity index (χ2n) is 16.5. The molecule has 4 aromatic heterocycles. The van der Waals surface area contributed by atoms with E-state index in [1.54, 1.807) is 24.5 Å². The van der Waals surface area contributed by atoms with Gasteiger partial charge in [0.2, 0.25) is 0 Å². The van der Waals surface area contributed by atoms with Gasteiger partial charge in [0.1, 0.15) is 48.5 Å². The van der Waals surface area contributed by atoms with Gasteiger partial charge in [-0.25, -0.2) is 38.8 Å². The molecule has 7 unspecified atom stereocenters. The first-order valence-corrected chi connectivity index (χ1v) is 25.5. The van der Waals surface area contributed by atoms with Crippen molar-refractivity contribution in [2.24, 2.45) is 0 Å². The maximum absolute atomic E-state index is 13.3. The highest BCUT2D eigenvalue weighted by Crippen LogP contribution is 2.57. The number of hydrogen-bond donors (Lipinski definition) is 4. The number of ether oxygens (including phenoxy) is 6. The highest BCUT2D eigenvalue weighted by Gasteiger charge is 2.55. The van der Waals surface area contributed by atoms with Crippen molar-refractivity contribution < 1.29 is 70.3 Å².